The lowest BCUT2D eigenvalue weighted by Crippen LogP contribution is -2.21. The number of alkyl halides is 3. The number of nitrogens with one attached hydrogen (secondary N) is 1. The van der Waals surface area contributed by atoms with Crippen LogP contribution in [0.4, 0.5) is 24.5 Å². The van der Waals surface area contributed by atoms with Gasteiger partial charge >= 0.3 is 6.18 Å². The molecular weight excluding hydrogens is 265 g/mol. The Morgan fingerprint density at radius 1 is 1.37 bits per heavy atom. The molecule has 1 aromatic rings. The summed E-state index contributed by atoms with van der Waals surface area (Å²) in [6.07, 6.45) is -4.64. The average Bonchev–Trinajstić information content (AvgIpc) is 2.24. The van der Waals surface area contributed by atoms with Gasteiger partial charge in [-0.15, -0.1) is 0 Å². The van der Waals surface area contributed by atoms with Crippen LogP contribution in [0.3, 0.4) is 0 Å². The van der Waals surface area contributed by atoms with Crippen molar-refractivity contribution in [1.82, 2.24) is 0 Å². The van der Waals surface area contributed by atoms with Crippen molar-refractivity contribution >= 4 is 11.4 Å². The minimum absolute atomic E-state index is 0.0119. The zero-order valence-electron chi connectivity index (χ0n) is 10.3. The second kappa shape index (κ2) is 5.77. The van der Waals surface area contributed by atoms with Gasteiger partial charge in [0.05, 0.1) is 17.1 Å². The van der Waals surface area contributed by atoms with E-state index in [-0.39, 0.29) is 23.2 Å². The monoisotopic (exact) mass is 278 g/mol. The Balaban J connectivity index is 2.96. The Bertz CT molecular complexity index is 461. The minimum atomic E-state index is -4.40. The summed E-state index contributed by atoms with van der Waals surface area (Å²) in [5.41, 5.74) is -0.343. The number of non-ortho nitro benzene ring substituents is 1. The molecule has 0 fully saturated rings. The number of nitrogens with zero attached hydrogens (tertiary/aromatic N) is 1. The lowest BCUT2D eigenvalue weighted by molar-refractivity contribution is -0.384. The molecule has 19 heavy (non-hydrogen) atoms. The molecular formula is C11H13F3N2O3. The van der Waals surface area contributed by atoms with E-state index in [4.69, 9.17) is 4.74 Å². The predicted molar refractivity (Wildman–Crippen MR) is 63.4 cm³/mol. The quantitative estimate of drug-likeness (QED) is 0.662. The molecule has 1 rings (SSSR count). The van der Waals surface area contributed by atoms with Gasteiger partial charge in [0.25, 0.3) is 5.69 Å². The molecule has 8 heteroatoms. The second-order valence-corrected chi connectivity index (χ2v) is 4.11. The highest BCUT2D eigenvalue weighted by atomic mass is 19.4. The number of benzene rings is 1. The van der Waals surface area contributed by atoms with E-state index in [9.17, 15) is 23.3 Å². The van der Waals surface area contributed by atoms with Crippen molar-refractivity contribution < 1.29 is 22.8 Å². The van der Waals surface area contributed by atoms with Gasteiger partial charge in [-0.2, -0.15) is 13.2 Å². The first-order valence-electron chi connectivity index (χ1n) is 5.44. The molecule has 106 valence electrons. The number of nitro benzene ring substituents is 1. The third-order valence-corrected chi connectivity index (χ3v) is 1.97. The highest BCUT2D eigenvalue weighted by Crippen LogP contribution is 2.27. The van der Waals surface area contributed by atoms with Crippen LogP contribution in [0, 0.1) is 10.1 Å². The number of rotatable bonds is 5. The van der Waals surface area contributed by atoms with Gasteiger partial charge < -0.3 is 10.1 Å². The summed E-state index contributed by atoms with van der Waals surface area (Å²) in [7, 11) is 0. The molecule has 0 amide bonds. The van der Waals surface area contributed by atoms with Crippen molar-refractivity contribution in [3.63, 3.8) is 0 Å². The zero-order chi connectivity index (χ0) is 14.6. The largest absolute Gasteiger partial charge is 0.491 e. The van der Waals surface area contributed by atoms with E-state index < -0.39 is 17.6 Å². The average molecular weight is 278 g/mol. The summed E-state index contributed by atoms with van der Waals surface area (Å²) in [4.78, 5) is 10.0. The molecule has 0 heterocycles. The first-order chi connectivity index (χ1) is 8.67. The number of hydrogen-bond acceptors (Lipinski definition) is 4. The molecule has 1 N–H and O–H groups in total. The standard InChI is InChI=1S/C11H13F3N2O3/c1-7(2)19-10-4-8(15-6-11(12,13)14)3-9(5-10)16(17)18/h3-5,7,15H,6H2,1-2H3. The van der Waals surface area contributed by atoms with Gasteiger partial charge in [0.15, 0.2) is 0 Å². The van der Waals surface area contributed by atoms with Crippen LogP contribution in [-0.4, -0.2) is 23.7 Å². The van der Waals surface area contributed by atoms with E-state index >= 15 is 0 Å². The van der Waals surface area contributed by atoms with E-state index in [0.29, 0.717) is 0 Å². The molecule has 0 atom stereocenters. The van der Waals surface area contributed by atoms with Crippen LogP contribution >= 0.6 is 0 Å². The molecule has 0 spiro atoms. The van der Waals surface area contributed by atoms with E-state index in [1.807, 2.05) is 0 Å². The van der Waals surface area contributed by atoms with E-state index in [1.54, 1.807) is 13.8 Å². The molecule has 0 bridgehead atoms. The van der Waals surface area contributed by atoms with Crippen molar-refractivity contribution in [3.8, 4) is 5.75 Å². The van der Waals surface area contributed by atoms with Gasteiger partial charge in [-0.05, 0) is 13.8 Å². The maximum atomic E-state index is 12.1. The molecule has 1 aromatic carbocycles. The van der Waals surface area contributed by atoms with Crippen LogP contribution in [0.2, 0.25) is 0 Å². The summed E-state index contributed by atoms with van der Waals surface area (Å²) >= 11 is 0. The fourth-order valence-electron chi connectivity index (χ4n) is 1.33. The minimum Gasteiger partial charge on any atom is -0.491 e. The van der Waals surface area contributed by atoms with Gasteiger partial charge in [0, 0.05) is 17.8 Å². The molecule has 0 aliphatic carbocycles. The van der Waals surface area contributed by atoms with Gasteiger partial charge in [-0.1, -0.05) is 0 Å². The Hall–Kier alpha value is -1.99. The van der Waals surface area contributed by atoms with Gasteiger partial charge in [0.1, 0.15) is 12.3 Å². The number of hydrogen-bond donors (Lipinski definition) is 1. The topological polar surface area (TPSA) is 64.4 Å². The van der Waals surface area contributed by atoms with Gasteiger partial charge in [-0.3, -0.25) is 10.1 Å². The van der Waals surface area contributed by atoms with Crippen molar-refractivity contribution in [2.45, 2.75) is 26.1 Å². The number of ether oxygens (including phenoxy) is 1. The van der Waals surface area contributed by atoms with Crippen LogP contribution < -0.4 is 10.1 Å². The Morgan fingerprint density at radius 3 is 2.47 bits per heavy atom. The van der Waals surface area contributed by atoms with E-state index in [1.165, 1.54) is 12.1 Å². The lowest BCUT2D eigenvalue weighted by Gasteiger charge is -2.13. The number of halogens is 3. The van der Waals surface area contributed by atoms with Crippen LogP contribution in [0.1, 0.15) is 13.8 Å². The zero-order valence-corrected chi connectivity index (χ0v) is 10.3. The molecule has 0 saturated heterocycles. The van der Waals surface area contributed by atoms with Gasteiger partial charge in [-0.25, -0.2) is 0 Å². The molecule has 0 saturated carbocycles. The van der Waals surface area contributed by atoms with Crippen molar-refractivity contribution in [3.05, 3.63) is 28.3 Å². The van der Waals surface area contributed by atoms with E-state index in [0.717, 1.165) is 6.07 Å². The van der Waals surface area contributed by atoms with Crippen molar-refractivity contribution in [1.29, 1.82) is 0 Å². The van der Waals surface area contributed by atoms with E-state index in [2.05, 4.69) is 5.32 Å². The smallest absolute Gasteiger partial charge is 0.405 e. The lowest BCUT2D eigenvalue weighted by atomic mass is 10.2. The van der Waals surface area contributed by atoms with Crippen molar-refractivity contribution in [2.75, 3.05) is 11.9 Å². The molecule has 0 unspecified atom stereocenters. The Labute approximate surface area is 107 Å². The summed E-state index contributed by atoms with van der Waals surface area (Å²) in [5.74, 6) is 0.147. The molecule has 0 aromatic heterocycles. The predicted octanol–water partition coefficient (Wildman–Crippen LogP) is 3.36. The highest BCUT2D eigenvalue weighted by molar-refractivity contribution is 5.56. The summed E-state index contributed by atoms with van der Waals surface area (Å²) in [6, 6.07) is 3.48. The summed E-state index contributed by atoms with van der Waals surface area (Å²) < 4.78 is 41.5. The van der Waals surface area contributed by atoms with Crippen LogP contribution in [0.15, 0.2) is 18.2 Å². The molecule has 0 aliphatic rings. The summed E-state index contributed by atoms with van der Waals surface area (Å²) in [6.45, 7) is 2.15. The normalized spacial score (nSPS) is 11.5. The summed E-state index contributed by atoms with van der Waals surface area (Å²) in [5, 5.41) is 12.8. The fraction of sp³-hybridized carbons (Fsp3) is 0.455. The fourth-order valence-corrected chi connectivity index (χ4v) is 1.33. The van der Waals surface area contributed by atoms with Crippen LogP contribution in [0.5, 0.6) is 5.75 Å². The Kier molecular flexibility index (Phi) is 4.57. The Morgan fingerprint density at radius 2 is 2.00 bits per heavy atom. The maximum Gasteiger partial charge on any atom is 0.405 e. The van der Waals surface area contributed by atoms with Crippen LogP contribution in [0.25, 0.3) is 0 Å². The second-order valence-electron chi connectivity index (χ2n) is 4.11. The first-order valence-corrected chi connectivity index (χ1v) is 5.44. The van der Waals surface area contributed by atoms with Crippen molar-refractivity contribution in [2.24, 2.45) is 0 Å². The third-order valence-electron chi connectivity index (χ3n) is 1.97. The number of nitro groups is 1. The highest BCUT2D eigenvalue weighted by Gasteiger charge is 2.27. The maximum absolute atomic E-state index is 12.1. The number of anilines is 1. The molecule has 0 radical (unpaired) electrons. The van der Waals surface area contributed by atoms with Crippen LogP contribution in [-0.2, 0) is 0 Å². The third kappa shape index (κ3) is 5.45. The molecule has 0 aliphatic heterocycles. The van der Waals surface area contributed by atoms with Gasteiger partial charge in [0.2, 0.25) is 0 Å². The SMILES string of the molecule is CC(C)Oc1cc(NCC(F)(F)F)cc([N+](=O)[O-])c1. The first kappa shape index (κ1) is 15.1. The molecule has 5 nitrogen and oxygen atoms in total.